The van der Waals surface area contributed by atoms with Crippen LogP contribution >= 0.6 is 11.3 Å². The van der Waals surface area contributed by atoms with E-state index in [1.165, 1.54) is 12.3 Å². The van der Waals surface area contributed by atoms with E-state index in [1.807, 2.05) is 60.7 Å². The van der Waals surface area contributed by atoms with Crippen LogP contribution in [0.5, 0.6) is 5.75 Å². The van der Waals surface area contributed by atoms with E-state index in [0.29, 0.717) is 22.3 Å². The second-order valence-electron chi connectivity index (χ2n) is 6.81. The molecular formula is C25H18N2O4S. The first kappa shape index (κ1) is 21.0. The second-order valence-corrected chi connectivity index (χ2v) is 7.83. The summed E-state index contributed by atoms with van der Waals surface area (Å²) in [6, 6.07) is 24.9. The Kier molecular flexibility index (Phi) is 6.10. The van der Waals surface area contributed by atoms with Gasteiger partial charge in [-0.05, 0) is 23.3 Å². The lowest BCUT2D eigenvalue weighted by atomic mass is 9.94. The number of phenolic OH excluding ortho intramolecular Hbond substituents is 1. The minimum absolute atomic E-state index is 0.0334. The summed E-state index contributed by atoms with van der Waals surface area (Å²) in [5.74, 6) is -1.61. The molecule has 0 bridgehead atoms. The van der Waals surface area contributed by atoms with E-state index in [-0.39, 0.29) is 15.5 Å². The van der Waals surface area contributed by atoms with Crippen LogP contribution in [-0.4, -0.2) is 28.3 Å². The third-order valence-electron chi connectivity index (χ3n) is 4.74. The maximum Gasteiger partial charge on any atom is 0.346 e. The summed E-state index contributed by atoms with van der Waals surface area (Å²) in [6.45, 7) is 0. The summed E-state index contributed by atoms with van der Waals surface area (Å²) in [7, 11) is 0. The number of hydrogen-bond donors (Lipinski definition) is 3. The van der Waals surface area contributed by atoms with E-state index in [1.54, 1.807) is 18.2 Å². The lowest BCUT2D eigenvalue weighted by Gasteiger charge is -2.09. The molecule has 0 unspecified atom stereocenters. The Morgan fingerprint density at radius 1 is 0.781 bits per heavy atom. The maximum atomic E-state index is 13.1. The van der Waals surface area contributed by atoms with Crippen LogP contribution in [0.15, 0.2) is 90.0 Å². The molecule has 0 saturated carbocycles. The van der Waals surface area contributed by atoms with Gasteiger partial charge in [-0.3, -0.25) is 4.79 Å². The molecule has 32 heavy (non-hydrogen) atoms. The van der Waals surface area contributed by atoms with Crippen molar-refractivity contribution in [2.24, 2.45) is 5.10 Å². The predicted molar refractivity (Wildman–Crippen MR) is 125 cm³/mol. The second kappa shape index (κ2) is 9.28. The molecule has 4 aromatic rings. The van der Waals surface area contributed by atoms with Gasteiger partial charge in [0.1, 0.15) is 15.5 Å². The molecular weight excluding hydrogens is 424 g/mol. The molecule has 0 fully saturated rings. The highest BCUT2D eigenvalue weighted by atomic mass is 32.1. The Bertz CT molecular complexity index is 1300. The molecule has 7 heteroatoms. The molecule has 4 rings (SSSR count). The van der Waals surface area contributed by atoms with Crippen molar-refractivity contribution in [3.8, 4) is 28.0 Å². The zero-order valence-corrected chi connectivity index (χ0v) is 17.5. The largest absolute Gasteiger partial charge is 0.507 e. The number of hydrazone groups is 1. The smallest absolute Gasteiger partial charge is 0.346 e. The number of aromatic hydroxyl groups is 1. The van der Waals surface area contributed by atoms with Gasteiger partial charge in [0.15, 0.2) is 0 Å². The van der Waals surface area contributed by atoms with Crippen LogP contribution in [0.1, 0.15) is 24.9 Å². The minimum atomic E-state index is -1.11. The van der Waals surface area contributed by atoms with Gasteiger partial charge in [-0.15, -0.1) is 11.3 Å². The monoisotopic (exact) mass is 442 g/mol. The first-order valence-corrected chi connectivity index (χ1v) is 10.5. The van der Waals surface area contributed by atoms with Crippen molar-refractivity contribution in [1.29, 1.82) is 0 Å². The van der Waals surface area contributed by atoms with Gasteiger partial charge in [0, 0.05) is 16.7 Å². The number of carbonyl (C=O) groups excluding carboxylic acids is 1. The summed E-state index contributed by atoms with van der Waals surface area (Å²) >= 11 is 0.907. The van der Waals surface area contributed by atoms with Crippen LogP contribution in [-0.2, 0) is 0 Å². The average molecular weight is 442 g/mol. The number of benzene rings is 3. The highest BCUT2D eigenvalue weighted by molar-refractivity contribution is 7.17. The fourth-order valence-corrected chi connectivity index (χ4v) is 4.38. The molecule has 1 aromatic heterocycles. The first-order chi connectivity index (χ1) is 15.6. The highest BCUT2D eigenvalue weighted by Gasteiger charge is 2.27. The van der Waals surface area contributed by atoms with Crippen molar-refractivity contribution in [2.75, 3.05) is 0 Å². The number of thiophene rings is 1. The third kappa shape index (κ3) is 4.28. The van der Waals surface area contributed by atoms with E-state index < -0.39 is 11.9 Å². The van der Waals surface area contributed by atoms with Crippen LogP contribution < -0.4 is 5.43 Å². The lowest BCUT2D eigenvalue weighted by Crippen LogP contribution is -2.17. The van der Waals surface area contributed by atoms with E-state index in [0.717, 1.165) is 16.9 Å². The normalized spacial score (nSPS) is 10.9. The standard InChI is InChI=1S/C25H18N2O4S/c28-19-14-8-7-13-18(19)15-26-27-24(29)22-20(16-9-3-1-4-10-16)21(23(32-22)25(30)31)17-11-5-2-6-12-17/h1-15,28H,(H,27,29)(H,30,31). The summed E-state index contributed by atoms with van der Waals surface area (Å²) in [6.07, 6.45) is 1.33. The Hall–Kier alpha value is -4.23. The Morgan fingerprint density at radius 3 is 1.88 bits per heavy atom. The number of amides is 1. The van der Waals surface area contributed by atoms with E-state index in [2.05, 4.69) is 10.5 Å². The molecule has 1 amide bonds. The fraction of sp³-hybridized carbons (Fsp3) is 0. The Labute approximate surface area is 188 Å². The van der Waals surface area contributed by atoms with Gasteiger partial charge in [-0.25, -0.2) is 10.2 Å². The number of carboxylic acids is 1. The number of hydrogen-bond acceptors (Lipinski definition) is 5. The van der Waals surface area contributed by atoms with Crippen molar-refractivity contribution in [1.82, 2.24) is 5.43 Å². The van der Waals surface area contributed by atoms with Crippen LogP contribution in [0.25, 0.3) is 22.3 Å². The topological polar surface area (TPSA) is 99.0 Å². The molecule has 0 aliphatic rings. The number of nitrogens with zero attached hydrogens (tertiary/aromatic N) is 1. The van der Waals surface area contributed by atoms with Crippen molar-refractivity contribution >= 4 is 29.4 Å². The molecule has 0 spiro atoms. The Morgan fingerprint density at radius 2 is 1.31 bits per heavy atom. The minimum Gasteiger partial charge on any atom is -0.507 e. The molecule has 158 valence electrons. The van der Waals surface area contributed by atoms with E-state index >= 15 is 0 Å². The number of carboxylic acid groups (broad SMARTS) is 1. The van der Waals surface area contributed by atoms with E-state index in [9.17, 15) is 19.8 Å². The average Bonchev–Trinajstić information content (AvgIpc) is 3.23. The molecule has 6 nitrogen and oxygen atoms in total. The van der Waals surface area contributed by atoms with Gasteiger partial charge in [0.05, 0.1) is 6.21 Å². The molecule has 3 N–H and O–H groups in total. The number of rotatable bonds is 6. The van der Waals surface area contributed by atoms with Crippen molar-refractivity contribution < 1.29 is 19.8 Å². The van der Waals surface area contributed by atoms with Crippen LogP contribution in [0, 0.1) is 0 Å². The molecule has 0 aliphatic carbocycles. The van der Waals surface area contributed by atoms with Crippen molar-refractivity contribution in [3.05, 3.63) is 100 Å². The lowest BCUT2D eigenvalue weighted by molar-refractivity contribution is 0.0702. The van der Waals surface area contributed by atoms with Crippen molar-refractivity contribution in [3.63, 3.8) is 0 Å². The number of phenols is 1. The summed E-state index contributed by atoms with van der Waals surface area (Å²) < 4.78 is 0. The molecule has 0 atom stereocenters. The quantitative estimate of drug-likeness (QED) is 0.281. The molecule has 0 aliphatic heterocycles. The number of nitrogens with one attached hydrogen (secondary N) is 1. The van der Waals surface area contributed by atoms with Crippen molar-refractivity contribution in [2.45, 2.75) is 0 Å². The number of carbonyl (C=O) groups is 2. The summed E-state index contributed by atoms with van der Waals surface area (Å²) in [5.41, 5.74) is 5.35. The van der Waals surface area contributed by atoms with Gasteiger partial charge in [-0.2, -0.15) is 5.10 Å². The fourth-order valence-electron chi connectivity index (χ4n) is 3.31. The maximum absolute atomic E-state index is 13.1. The zero-order valence-electron chi connectivity index (χ0n) is 16.7. The van der Waals surface area contributed by atoms with Crippen LogP contribution in [0.3, 0.4) is 0 Å². The Balaban J connectivity index is 1.80. The molecule has 1 heterocycles. The SMILES string of the molecule is O=C(O)c1sc(C(=O)NN=Cc2ccccc2O)c(-c2ccccc2)c1-c1ccccc1. The summed E-state index contributed by atoms with van der Waals surface area (Å²) in [5, 5.41) is 23.7. The van der Waals surface area contributed by atoms with Gasteiger partial charge < -0.3 is 10.2 Å². The predicted octanol–water partition coefficient (Wildman–Crippen LogP) is 5.25. The van der Waals surface area contributed by atoms with E-state index in [4.69, 9.17) is 0 Å². The van der Waals surface area contributed by atoms with Gasteiger partial charge in [0.25, 0.3) is 5.91 Å². The molecule has 0 saturated heterocycles. The van der Waals surface area contributed by atoms with Gasteiger partial charge >= 0.3 is 5.97 Å². The van der Waals surface area contributed by atoms with Crippen LogP contribution in [0.4, 0.5) is 0 Å². The summed E-state index contributed by atoms with van der Waals surface area (Å²) in [4.78, 5) is 25.4. The highest BCUT2D eigenvalue weighted by Crippen LogP contribution is 2.43. The third-order valence-corrected chi connectivity index (χ3v) is 5.92. The van der Waals surface area contributed by atoms with Gasteiger partial charge in [-0.1, -0.05) is 72.8 Å². The zero-order chi connectivity index (χ0) is 22.5. The van der Waals surface area contributed by atoms with Crippen LogP contribution in [0.2, 0.25) is 0 Å². The molecule has 3 aromatic carbocycles. The van der Waals surface area contributed by atoms with Gasteiger partial charge in [0.2, 0.25) is 0 Å². The number of aromatic carboxylic acids is 1. The molecule has 0 radical (unpaired) electrons. The number of para-hydroxylation sites is 1. The first-order valence-electron chi connectivity index (χ1n) is 9.68.